The Morgan fingerprint density at radius 2 is 2.05 bits per heavy atom. The van der Waals surface area contributed by atoms with Gasteiger partial charge in [-0.1, -0.05) is 19.8 Å². The summed E-state index contributed by atoms with van der Waals surface area (Å²) in [5.41, 5.74) is 2.58. The molecule has 1 aromatic carbocycles. The minimum absolute atomic E-state index is 0.220. The number of anilines is 1. The molecule has 108 valence electrons. The van der Waals surface area contributed by atoms with E-state index in [2.05, 4.69) is 11.8 Å². The van der Waals surface area contributed by atoms with E-state index in [0.717, 1.165) is 36.9 Å². The highest BCUT2D eigenvalue weighted by Crippen LogP contribution is 2.34. The van der Waals surface area contributed by atoms with Crippen molar-refractivity contribution >= 4 is 11.4 Å². The van der Waals surface area contributed by atoms with Crippen LogP contribution in [0.1, 0.15) is 38.2 Å². The van der Waals surface area contributed by atoms with Crippen LogP contribution >= 0.6 is 0 Å². The third kappa shape index (κ3) is 2.65. The molecule has 2 aliphatic rings. The Labute approximate surface area is 119 Å². The van der Waals surface area contributed by atoms with E-state index in [0.29, 0.717) is 0 Å². The van der Waals surface area contributed by atoms with Gasteiger partial charge < -0.3 is 4.90 Å². The maximum absolute atomic E-state index is 10.8. The van der Waals surface area contributed by atoms with E-state index in [4.69, 9.17) is 0 Å². The van der Waals surface area contributed by atoms with Gasteiger partial charge in [-0.05, 0) is 42.7 Å². The molecule has 1 fully saturated rings. The summed E-state index contributed by atoms with van der Waals surface area (Å²) in [5.74, 6) is 1.69. The third-order valence-electron chi connectivity index (χ3n) is 4.88. The maximum Gasteiger partial charge on any atom is 0.269 e. The van der Waals surface area contributed by atoms with Crippen molar-refractivity contribution in [3.8, 4) is 0 Å². The zero-order valence-electron chi connectivity index (χ0n) is 12.0. The van der Waals surface area contributed by atoms with Gasteiger partial charge in [0.1, 0.15) is 0 Å². The lowest BCUT2D eigenvalue weighted by Gasteiger charge is -2.31. The highest BCUT2D eigenvalue weighted by molar-refractivity contribution is 5.61. The first-order valence-electron chi connectivity index (χ1n) is 7.65. The van der Waals surface area contributed by atoms with Gasteiger partial charge in [0.05, 0.1) is 4.92 Å². The number of nitro groups is 1. The smallest absolute Gasteiger partial charge is 0.269 e. The maximum atomic E-state index is 10.8. The molecule has 1 saturated carbocycles. The molecule has 4 heteroatoms. The van der Waals surface area contributed by atoms with Crippen LogP contribution in [0.5, 0.6) is 0 Å². The lowest BCUT2D eigenvalue weighted by Crippen LogP contribution is -2.29. The van der Waals surface area contributed by atoms with E-state index in [9.17, 15) is 10.1 Å². The van der Waals surface area contributed by atoms with Crippen molar-refractivity contribution in [3.05, 3.63) is 33.9 Å². The molecule has 4 nitrogen and oxygen atoms in total. The molecular formula is C16H22N2O2. The van der Waals surface area contributed by atoms with Gasteiger partial charge >= 0.3 is 0 Å². The predicted octanol–water partition coefficient (Wildman–Crippen LogP) is 3.78. The standard InChI is InChI=1S/C16H22N2O2/c1-12-2-4-13(5-3-12)11-17-9-8-14-10-15(18(19)20)6-7-16(14)17/h6-7,10,12-13H,2-5,8-9,11H2,1H3. The monoisotopic (exact) mass is 274 g/mol. The van der Waals surface area contributed by atoms with Crippen molar-refractivity contribution in [2.24, 2.45) is 11.8 Å². The van der Waals surface area contributed by atoms with Crippen molar-refractivity contribution < 1.29 is 4.92 Å². The molecule has 1 aliphatic heterocycles. The van der Waals surface area contributed by atoms with Crippen molar-refractivity contribution in [1.29, 1.82) is 0 Å². The van der Waals surface area contributed by atoms with Gasteiger partial charge in [-0.3, -0.25) is 10.1 Å². The Bertz CT molecular complexity index is 507. The van der Waals surface area contributed by atoms with Crippen LogP contribution in [0.2, 0.25) is 0 Å². The summed E-state index contributed by atoms with van der Waals surface area (Å²) < 4.78 is 0. The van der Waals surface area contributed by atoms with E-state index in [1.165, 1.54) is 31.4 Å². The first kappa shape index (κ1) is 13.4. The van der Waals surface area contributed by atoms with Crippen LogP contribution in [0.4, 0.5) is 11.4 Å². The topological polar surface area (TPSA) is 46.4 Å². The summed E-state index contributed by atoms with van der Waals surface area (Å²) in [6.07, 6.45) is 6.32. The second-order valence-electron chi connectivity index (χ2n) is 6.39. The van der Waals surface area contributed by atoms with Crippen LogP contribution in [0.15, 0.2) is 18.2 Å². The molecule has 20 heavy (non-hydrogen) atoms. The number of benzene rings is 1. The summed E-state index contributed by atoms with van der Waals surface area (Å²) in [5, 5.41) is 10.8. The Morgan fingerprint density at radius 3 is 2.75 bits per heavy atom. The number of non-ortho nitro benzene ring substituents is 1. The van der Waals surface area contributed by atoms with Gasteiger partial charge in [0.2, 0.25) is 0 Å². The quantitative estimate of drug-likeness (QED) is 0.622. The molecule has 0 aromatic heterocycles. The van der Waals surface area contributed by atoms with Gasteiger partial charge in [0, 0.05) is 30.9 Å². The first-order valence-corrected chi connectivity index (χ1v) is 7.65. The second kappa shape index (κ2) is 5.43. The molecule has 1 aliphatic carbocycles. The van der Waals surface area contributed by atoms with Crippen LogP contribution in [0.25, 0.3) is 0 Å². The van der Waals surface area contributed by atoms with E-state index in [1.54, 1.807) is 12.1 Å². The molecule has 0 atom stereocenters. The van der Waals surface area contributed by atoms with Crippen LogP contribution < -0.4 is 4.90 Å². The lowest BCUT2D eigenvalue weighted by atomic mass is 9.83. The molecule has 0 unspecified atom stereocenters. The molecule has 3 rings (SSSR count). The van der Waals surface area contributed by atoms with Gasteiger partial charge in [-0.2, -0.15) is 0 Å². The van der Waals surface area contributed by atoms with E-state index in [-0.39, 0.29) is 10.6 Å². The molecule has 0 amide bonds. The number of hydrogen-bond acceptors (Lipinski definition) is 3. The summed E-state index contributed by atoms with van der Waals surface area (Å²) in [6.45, 7) is 4.49. The molecule has 1 aromatic rings. The van der Waals surface area contributed by atoms with Gasteiger partial charge in [-0.15, -0.1) is 0 Å². The van der Waals surface area contributed by atoms with Crippen molar-refractivity contribution in [2.75, 3.05) is 18.0 Å². The summed E-state index contributed by atoms with van der Waals surface area (Å²) in [7, 11) is 0. The van der Waals surface area contributed by atoms with Gasteiger partial charge in [-0.25, -0.2) is 0 Å². The fourth-order valence-corrected chi connectivity index (χ4v) is 3.58. The summed E-state index contributed by atoms with van der Waals surface area (Å²) >= 11 is 0. The molecular weight excluding hydrogens is 252 g/mol. The molecule has 1 heterocycles. The Hall–Kier alpha value is -1.58. The zero-order valence-corrected chi connectivity index (χ0v) is 12.0. The molecule has 0 radical (unpaired) electrons. The number of hydrogen-bond donors (Lipinski definition) is 0. The van der Waals surface area contributed by atoms with Crippen LogP contribution in [0.3, 0.4) is 0 Å². The highest BCUT2D eigenvalue weighted by atomic mass is 16.6. The zero-order chi connectivity index (χ0) is 14.1. The molecule has 0 bridgehead atoms. The molecule has 0 saturated heterocycles. The number of rotatable bonds is 3. The Morgan fingerprint density at radius 1 is 1.30 bits per heavy atom. The molecule has 0 N–H and O–H groups in total. The van der Waals surface area contributed by atoms with Crippen molar-refractivity contribution in [3.63, 3.8) is 0 Å². The van der Waals surface area contributed by atoms with E-state index < -0.39 is 0 Å². The van der Waals surface area contributed by atoms with Crippen LogP contribution in [-0.2, 0) is 6.42 Å². The highest BCUT2D eigenvalue weighted by Gasteiger charge is 2.26. The minimum Gasteiger partial charge on any atom is -0.371 e. The average Bonchev–Trinajstić information content (AvgIpc) is 2.84. The normalized spacial score (nSPS) is 25.6. The summed E-state index contributed by atoms with van der Waals surface area (Å²) in [6, 6.07) is 5.32. The second-order valence-corrected chi connectivity index (χ2v) is 6.39. The van der Waals surface area contributed by atoms with E-state index in [1.807, 2.05) is 6.07 Å². The van der Waals surface area contributed by atoms with Crippen molar-refractivity contribution in [1.82, 2.24) is 0 Å². The van der Waals surface area contributed by atoms with Crippen LogP contribution in [-0.4, -0.2) is 18.0 Å². The minimum atomic E-state index is -0.300. The average molecular weight is 274 g/mol. The van der Waals surface area contributed by atoms with Gasteiger partial charge in [0.25, 0.3) is 5.69 Å². The lowest BCUT2D eigenvalue weighted by molar-refractivity contribution is -0.384. The van der Waals surface area contributed by atoms with Crippen molar-refractivity contribution in [2.45, 2.75) is 39.0 Å². The third-order valence-corrected chi connectivity index (χ3v) is 4.88. The fraction of sp³-hybridized carbons (Fsp3) is 0.625. The fourth-order valence-electron chi connectivity index (χ4n) is 3.58. The van der Waals surface area contributed by atoms with Crippen LogP contribution in [0, 0.1) is 22.0 Å². The predicted molar refractivity (Wildman–Crippen MR) is 80.1 cm³/mol. The summed E-state index contributed by atoms with van der Waals surface area (Å²) in [4.78, 5) is 13.0. The number of nitrogens with zero attached hydrogens (tertiary/aromatic N) is 2. The Kier molecular flexibility index (Phi) is 3.64. The van der Waals surface area contributed by atoms with Gasteiger partial charge in [0.15, 0.2) is 0 Å². The number of fused-ring (bicyclic) bond motifs is 1. The van der Waals surface area contributed by atoms with E-state index >= 15 is 0 Å². The molecule has 0 spiro atoms. The largest absolute Gasteiger partial charge is 0.371 e. The first-order chi connectivity index (χ1) is 9.63. The number of nitro benzene ring substituents is 1. The SMILES string of the molecule is CC1CCC(CN2CCc3cc([N+](=O)[O-])ccc32)CC1. The Balaban J connectivity index is 1.68.